The van der Waals surface area contributed by atoms with Crippen LogP contribution in [0.5, 0.6) is 5.75 Å². The Labute approximate surface area is 200 Å². The van der Waals surface area contributed by atoms with E-state index in [4.69, 9.17) is 9.94 Å². The van der Waals surface area contributed by atoms with E-state index in [-0.39, 0.29) is 18.2 Å². The minimum Gasteiger partial charge on any atom is -0.489 e. The first-order valence-electron chi connectivity index (χ1n) is 11.4. The highest BCUT2D eigenvalue weighted by Gasteiger charge is 2.40. The zero-order chi connectivity index (χ0) is 24.8. The van der Waals surface area contributed by atoms with Crippen molar-refractivity contribution in [3.63, 3.8) is 0 Å². The van der Waals surface area contributed by atoms with Gasteiger partial charge in [0.1, 0.15) is 12.4 Å². The molecule has 3 rings (SSSR count). The van der Waals surface area contributed by atoms with Gasteiger partial charge in [0.05, 0.1) is 12.0 Å². The molecule has 0 bridgehead atoms. The smallest absolute Gasteiger partial charge is 0.251 e. The lowest BCUT2D eigenvalue weighted by Gasteiger charge is -2.43. The Bertz CT molecular complexity index is 991. The molecule has 8 heteroatoms. The first-order chi connectivity index (χ1) is 16.1. The van der Waals surface area contributed by atoms with Gasteiger partial charge in [0.15, 0.2) is 0 Å². The lowest BCUT2D eigenvalue weighted by molar-refractivity contribution is -0.141. The summed E-state index contributed by atoms with van der Waals surface area (Å²) in [7, 11) is 0. The first-order valence-corrected chi connectivity index (χ1v) is 11.4. The highest BCUT2D eigenvalue weighted by Crippen LogP contribution is 2.29. The van der Waals surface area contributed by atoms with Crippen molar-refractivity contribution < 1.29 is 24.3 Å². The standard InChI is InChI=1S/C26H33N3O5/c1-25(2,3)24(32)29-15-13-26(14-16-29,17-22(30)28-33)27-23(31)20-9-11-21(12-10-20)34-18-19-7-5-4-6-8-19/h4-12,33H,13-18H2,1-3H3,(H,27,31)(H,28,30). The summed E-state index contributed by atoms with van der Waals surface area (Å²) < 4.78 is 5.78. The predicted octanol–water partition coefficient (Wildman–Crippen LogP) is 3.30. The maximum atomic E-state index is 13.0. The topological polar surface area (TPSA) is 108 Å². The lowest BCUT2D eigenvalue weighted by atomic mass is 9.82. The molecule has 0 atom stereocenters. The largest absolute Gasteiger partial charge is 0.489 e. The van der Waals surface area contributed by atoms with Crippen LogP contribution < -0.4 is 15.5 Å². The van der Waals surface area contributed by atoms with E-state index in [9.17, 15) is 14.4 Å². The highest BCUT2D eigenvalue weighted by molar-refractivity contribution is 5.95. The fourth-order valence-electron chi connectivity index (χ4n) is 4.06. The Kier molecular flexibility index (Phi) is 7.94. The van der Waals surface area contributed by atoms with Gasteiger partial charge in [-0.05, 0) is 42.7 Å². The van der Waals surface area contributed by atoms with Crippen LogP contribution in [0.1, 0.15) is 56.0 Å². The van der Waals surface area contributed by atoms with Crippen LogP contribution in [0, 0.1) is 5.41 Å². The Morgan fingerprint density at radius 3 is 2.18 bits per heavy atom. The van der Waals surface area contributed by atoms with Gasteiger partial charge in [-0.25, -0.2) is 5.48 Å². The van der Waals surface area contributed by atoms with Crippen molar-refractivity contribution in [2.45, 2.75) is 52.2 Å². The highest BCUT2D eigenvalue weighted by atomic mass is 16.5. The number of carbonyl (C=O) groups is 3. The zero-order valence-corrected chi connectivity index (χ0v) is 20.0. The van der Waals surface area contributed by atoms with Crippen molar-refractivity contribution >= 4 is 17.7 Å². The second-order valence-corrected chi connectivity index (χ2v) is 9.79. The van der Waals surface area contributed by atoms with Gasteiger partial charge in [-0.1, -0.05) is 51.1 Å². The molecule has 0 unspecified atom stereocenters. The molecule has 1 saturated heterocycles. The molecule has 2 aromatic rings. The van der Waals surface area contributed by atoms with E-state index in [2.05, 4.69) is 5.32 Å². The summed E-state index contributed by atoms with van der Waals surface area (Å²) in [6, 6.07) is 16.6. The summed E-state index contributed by atoms with van der Waals surface area (Å²) in [5.74, 6) is -0.231. The molecule has 1 fully saturated rings. The van der Waals surface area contributed by atoms with Gasteiger partial charge < -0.3 is 15.0 Å². The summed E-state index contributed by atoms with van der Waals surface area (Å²) in [5.41, 5.74) is 1.77. The minimum absolute atomic E-state index is 0.0325. The van der Waals surface area contributed by atoms with E-state index in [0.29, 0.717) is 43.9 Å². The van der Waals surface area contributed by atoms with Gasteiger partial charge in [-0.2, -0.15) is 0 Å². The molecular weight excluding hydrogens is 434 g/mol. The van der Waals surface area contributed by atoms with E-state index < -0.39 is 16.9 Å². The summed E-state index contributed by atoms with van der Waals surface area (Å²) >= 11 is 0. The number of amides is 3. The fourth-order valence-corrected chi connectivity index (χ4v) is 4.06. The van der Waals surface area contributed by atoms with Crippen molar-refractivity contribution in [3.05, 3.63) is 65.7 Å². The van der Waals surface area contributed by atoms with Crippen LogP contribution in [0.15, 0.2) is 54.6 Å². The number of benzene rings is 2. The van der Waals surface area contributed by atoms with Gasteiger partial charge in [-0.3, -0.25) is 19.6 Å². The molecule has 3 amide bonds. The number of hydrogen-bond donors (Lipinski definition) is 3. The average molecular weight is 468 g/mol. The van der Waals surface area contributed by atoms with Crippen LogP contribution in [0.3, 0.4) is 0 Å². The molecule has 0 radical (unpaired) electrons. The quantitative estimate of drug-likeness (QED) is 0.428. The summed E-state index contributed by atoms with van der Waals surface area (Å²) in [6.07, 6.45) is 0.740. The SMILES string of the molecule is CC(C)(C)C(=O)N1CCC(CC(=O)NO)(NC(=O)c2ccc(OCc3ccccc3)cc2)CC1. The molecule has 1 heterocycles. The Balaban J connectivity index is 1.65. The third kappa shape index (κ3) is 6.57. The molecule has 0 saturated carbocycles. The summed E-state index contributed by atoms with van der Waals surface area (Å²) in [6.45, 7) is 6.86. The van der Waals surface area contributed by atoms with E-state index in [1.54, 1.807) is 34.6 Å². The predicted molar refractivity (Wildman–Crippen MR) is 127 cm³/mol. The molecule has 2 aromatic carbocycles. The molecule has 1 aliphatic heterocycles. The number of nitrogens with zero attached hydrogens (tertiary/aromatic N) is 1. The number of hydrogen-bond acceptors (Lipinski definition) is 5. The number of hydroxylamine groups is 1. The zero-order valence-electron chi connectivity index (χ0n) is 20.0. The number of piperidine rings is 1. The molecule has 0 aromatic heterocycles. The van der Waals surface area contributed by atoms with Gasteiger partial charge in [0.25, 0.3) is 5.91 Å². The van der Waals surface area contributed by atoms with E-state index in [1.807, 2.05) is 51.1 Å². The fraction of sp³-hybridized carbons (Fsp3) is 0.423. The van der Waals surface area contributed by atoms with E-state index in [0.717, 1.165) is 5.56 Å². The maximum absolute atomic E-state index is 13.0. The molecule has 8 nitrogen and oxygen atoms in total. The van der Waals surface area contributed by atoms with E-state index in [1.165, 1.54) is 0 Å². The molecule has 34 heavy (non-hydrogen) atoms. The van der Waals surface area contributed by atoms with Crippen molar-refractivity contribution in [2.24, 2.45) is 5.41 Å². The molecular formula is C26H33N3O5. The number of rotatable bonds is 7. The van der Waals surface area contributed by atoms with Crippen LogP contribution in [0.25, 0.3) is 0 Å². The van der Waals surface area contributed by atoms with Crippen LogP contribution in [-0.4, -0.2) is 46.5 Å². The molecule has 0 spiro atoms. The van der Waals surface area contributed by atoms with Crippen molar-refractivity contribution in [3.8, 4) is 5.75 Å². The number of ether oxygens (including phenoxy) is 1. The van der Waals surface area contributed by atoms with Crippen LogP contribution in [0.2, 0.25) is 0 Å². The monoisotopic (exact) mass is 467 g/mol. The second kappa shape index (κ2) is 10.7. The average Bonchev–Trinajstić information content (AvgIpc) is 2.83. The molecule has 3 N–H and O–H groups in total. The van der Waals surface area contributed by atoms with Crippen molar-refractivity contribution in [1.29, 1.82) is 0 Å². The molecule has 182 valence electrons. The third-order valence-corrected chi connectivity index (χ3v) is 6.02. The van der Waals surface area contributed by atoms with Crippen molar-refractivity contribution in [2.75, 3.05) is 13.1 Å². The van der Waals surface area contributed by atoms with E-state index >= 15 is 0 Å². The van der Waals surface area contributed by atoms with Gasteiger partial charge in [0, 0.05) is 24.1 Å². The maximum Gasteiger partial charge on any atom is 0.251 e. The normalized spacial score (nSPS) is 15.4. The summed E-state index contributed by atoms with van der Waals surface area (Å²) in [5, 5.41) is 12.1. The van der Waals surface area contributed by atoms with Crippen molar-refractivity contribution in [1.82, 2.24) is 15.7 Å². The third-order valence-electron chi connectivity index (χ3n) is 6.02. The minimum atomic E-state index is -0.860. The Morgan fingerprint density at radius 2 is 1.62 bits per heavy atom. The number of carbonyl (C=O) groups excluding carboxylic acids is 3. The number of likely N-dealkylation sites (tertiary alicyclic amines) is 1. The molecule has 0 aliphatic carbocycles. The Morgan fingerprint density at radius 1 is 1.00 bits per heavy atom. The van der Waals surface area contributed by atoms with Gasteiger partial charge in [0.2, 0.25) is 11.8 Å². The van der Waals surface area contributed by atoms with Gasteiger partial charge in [-0.15, -0.1) is 0 Å². The van der Waals surface area contributed by atoms with Gasteiger partial charge >= 0.3 is 0 Å². The molecule has 1 aliphatic rings. The van der Waals surface area contributed by atoms with Crippen LogP contribution >= 0.6 is 0 Å². The first kappa shape index (κ1) is 25.2. The van der Waals surface area contributed by atoms with Crippen LogP contribution in [-0.2, 0) is 16.2 Å². The second-order valence-electron chi connectivity index (χ2n) is 9.79. The Hall–Kier alpha value is -3.39. The lowest BCUT2D eigenvalue weighted by Crippen LogP contribution is -2.58. The summed E-state index contributed by atoms with van der Waals surface area (Å²) in [4.78, 5) is 39.4. The number of nitrogens with one attached hydrogen (secondary N) is 2. The van der Waals surface area contributed by atoms with Crippen LogP contribution in [0.4, 0.5) is 0 Å².